The predicted octanol–water partition coefficient (Wildman–Crippen LogP) is 1.66. The summed E-state index contributed by atoms with van der Waals surface area (Å²) in [5.41, 5.74) is -0.194. The van der Waals surface area contributed by atoms with Crippen LogP contribution in [0.15, 0.2) is 12.1 Å². The number of fused-ring (bicyclic) bond motifs is 1. The van der Waals surface area contributed by atoms with Crippen LogP contribution in [-0.2, 0) is 20.7 Å². The maximum atomic E-state index is 14.5. The topological polar surface area (TPSA) is 95.9 Å². The molecule has 1 unspecified atom stereocenters. The first-order chi connectivity index (χ1) is 12.4. The molecule has 0 spiro atoms. The lowest BCUT2D eigenvalue weighted by atomic mass is 9.80. The fourth-order valence-corrected chi connectivity index (χ4v) is 3.67. The number of carbonyl (C=O) groups is 3. The van der Waals surface area contributed by atoms with E-state index < -0.39 is 23.1 Å². The minimum atomic E-state index is -1.18. The summed E-state index contributed by atoms with van der Waals surface area (Å²) in [6.45, 7) is 0.331. The van der Waals surface area contributed by atoms with E-state index in [1.165, 1.54) is 18.1 Å². The second kappa shape index (κ2) is 7.03. The molecule has 0 aliphatic carbocycles. The standard InChI is InChI=1S/C18H21FN2O5/c1-26-10-18(17(24)25)5-2-6-21(9-18)16(23)12-7-11-3-4-15(22)20-14(11)8-13(12)19/h7-8H,2-6,9-10H2,1H3,(H,20,22)(H,24,25). The van der Waals surface area contributed by atoms with Gasteiger partial charge in [-0.05, 0) is 37.0 Å². The summed E-state index contributed by atoms with van der Waals surface area (Å²) in [4.78, 5) is 37.4. The number of hydrogen-bond acceptors (Lipinski definition) is 4. The number of ether oxygens (including phenoxy) is 1. The van der Waals surface area contributed by atoms with Gasteiger partial charge in [0.15, 0.2) is 0 Å². The Balaban J connectivity index is 1.87. The summed E-state index contributed by atoms with van der Waals surface area (Å²) in [5.74, 6) is -2.47. The predicted molar refractivity (Wildman–Crippen MR) is 90.4 cm³/mol. The van der Waals surface area contributed by atoms with Gasteiger partial charge in [-0.25, -0.2) is 4.39 Å². The van der Waals surface area contributed by atoms with Crippen molar-refractivity contribution in [2.45, 2.75) is 25.7 Å². The number of piperidine rings is 1. The Morgan fingerprint density at radius 1 is 1.38 bits per heavy atom. The number of nitrogens with one attached hydrogen (secondary N) is 1. The van der Waals surface area contributed by atoms with E-state index in [1.807, 2.05) is 0 Å². The zero-order valence-electron chi connectivity index (χ0n) is 14.5. The van der Waals surface area contributed by atoms with Gasteiger partial charge in [0.2, 0.25) is 5.91 Å². The van der Waals surface area contributed by atoms with Crippen LogP contribution < -0.4 is 5.32 Å². The Morgan fingerprint density at radius 2 is 2.15 bits per heavy atom. The summed E-state index contributed by atoms with van der Waals surface area (Å²) in [7, 11) is 1.42. The summed E-state index contributed by atoms with van der Waals surface area (Å²) in [5, 5.41) is 12.2. The van der Waals surface area contributed by atoms with Crippen molar-refractivity contribution in [3.05, 3.63) is 29.1 Å². The second-order valence-corrected chi connectivity index (χ2v) is 6.89. The van der Waals surface area contributed by atoms with Gasteiger partial charge in [-0.2, -0.15) is 0 Å². The van der Waals surface area contributed by atoms with E-state index in [-0.39, 0.29) is 31.0 Å². The molecule has 3 rings (SSSR count). The van der Waals surface area contributed by atoms with E-state index >= 15 is 0 Å². The molecule has 0 bridgehead atoms. The van der Waals surface area contributed by atoms with Crippen LogP contribution in [0, 0.1) is 11.2 Å². The number of carbonyl (C=O) groups excluding carboxylic acids is 2. The third kappa shape index (κ3) is 3.29. The third-order valence-corrected chi connectivity index (χ3v) is 5.06. The lowest BCUT2D eigenvalue weighted by molar-refractivity contribution is -0.155. The lowest BCUT2D eigenvalue weighted by Gasteiger charge is -2.39. The second-order valence-electron chi connectivity index (χ2n) is 6.89. The van der Waals surface area contributed by atoms with E-state index in [9.17, 15) is 23.9 Å². The fraction of sp³-hybridized carbons (Fsp3) is 0.500. The average Bonchev–Trinajstić information content (AvgIpc) is 2.61. The number of carboxylic acid groups (broad SMARTS) is 1. The lowest BCUT2D eigenvalue weighted by Crippen LogP contribution is -2.52. The number of likely N-dealkylation sites (tertiary alicyclic amines) is 1. The molecule has 2 N–H and O–H groups in total. The molecular formula is C18H21FN2O5. The maximum Gasteiger partial charge on any atom is 0.313 e. The van der Waals surface area contributed by atoms with Gasteiger partial charge in [-0.1, -0.05) is 0 Å². The van der Waals surface area contributed by atoms with Gasteiger partial charge in [-0.15, -0.1) is 0 Å². The van der Waals surface area contributed by atoms with Gasteiger partial charge in [0.05, 0.1) is 12.2 Å². The van der Waals surface area contributed by atoms with Crippen LogP contribution in [0.1, 0.15) is 35.2 Å². The van der Waals surface area contributed by atoms with Crippen LogP contribution in [0.2, 0.25) is 0 Å². The van der Waals surface area contributed by atoms with Crippen molar-refractivity contribution in [1.29, 1.82) is 0 Å². The molecule has 2 amide bonds. The molecule has 26 heavy (non-hydrogen) atoms. The van der Waals surface area contributed by atoms with E-state index in [0.29, 0.717) is 37.1 Å². The Morgan fingerprint density at radius 3 is 2.85 bits per heavy atom. The molecule has 1 fully saturated rings. The fourth-order valence-electron chi connectivity index (χ4n) is 3.67. The van der Waals surface area contributed by atoms with Crippen LogP contribution in [-0.4, -0.2) is 54.6 Å². The van der Waals surface area contributed by atoms with E-state index in [2.05, 4.69) is 5.32 Å². The summed E-state index contributed by atoms with van der Waals surface area (Å²) >= 11 is 0. The first kappa shape index (κ1) is 18.3. The van der Waals surface area contributed by atoms with Gasteiger partial charge < -0.3 is 20.1 Å². The Labute approximate surface area is 150 Å². The average molecular weight is 364 g/mol. The Bertz CT molecular complexity index is 762. The van der Waals surface area contributed by atoms with E-state index in [0.717, 1.165) is 6.07 Å². The molecule has 1 aromatic carbocycles. The van der Waals surface area contributed by atoms with Gasteiger partial charge in [0.25, 0.3) is 5.91 Å². The van der Waals surface area contributed by atoms with Crippen LogP contribution in [0.25, 0.3) is 0 Å². The molecule has 1 atom stereocenters. The van der Waals surface area contributed by atoms with E-state index in [4.69, 9.17) is 4.74 Å². The molecule has 0 radical (unpaired) electrons. The number of aryl methyl sites for hydroxylation is 1. The molecule has 7 nitrogen and oxygen atoms in total. The zero-order chi connectivity index (χ0) is 18.9. The van der Waals surface area contributed by atoms with E-state index in [1.54, 1.807) is 0 Å². The molecule has 1 aromatic rings. The largest absolute Gasteiger partial charge is 0.481 e. The van der Waals surface area contributed by atoms with Crippen molar-refractivity contribution in [2.24, 2.45) is 5.41 Å². The number of halogens is 1. The molecule has 0 aromatic heterocycles. The minimum absolute atomic E-state index is 0.00911. The molecule has 8 heteroatoms. The Kier molecular flexibility index (Phi) is 4.95. The molecular weight excluding hydrogens is 343 g/mol. The highest BCUT2D eigenvalue weighted by Gasteiger charge is 2.44. The molecule has 0 saturated carbocycles. The van der Waals surface area contributed by atoms with Crippen LogP contribution in [0.3, 0.4) is 0 Å². The summed E-state index contributed by atoms with van der Waals surface area (Å²) < 4.78 is 19.5. The molecule has 2 aliphatic rings. The SMILES string of the molecule is COCC1(C(=O)O)CCCN(C(=O)c2cc3c(cc2F)NC(=O)CC3)C1. The first-order valence-electron chi connectivity index (χ1n) is 8.50. The number of methoxy groups -OCH3 is 1. The highest BCUT2D eigenvalue weighted by molar-refractivity contribution is 5.98. The van der Waals surface area contributed by atoms with Gasteiger partial charge >= 0.3 is 5.97 Å². The maximum absolute atomic E-state index is 14.5. The molecule has 140 valence electrons. The number of nitrogens with zero attached hydrogens (tertiary/aromatic N) is 1. The summed E-state index contributed by atoms with van der Waals surface area (Å²) in [6.07, 6.45) is 1.62. The van der Waals surface area contributed by atoms with Crippen molar-refractivity contribution < 1.29 is 28.6 Å². The molecule has 1 saturated heterocycles. The normalized spacial score (nSPS) is 22.5. The smallest absolute Gasteiger partial charge is 0.313 e. The van der Waals surface area contributed by atoms with Crippen LogP contribution >= 0.6 is 0 Å². The third-order valence-electron chi connectivity index (χ3n) is 5.06. The van der Waals surface area contributed by atoms with Gasteiger partial charge in [0, 0.05) is 32.3 Å². The minimum Gasteiger partial charge on any atom is -0.481 e. The van der Waals surface area contributed by atoms with Gasteiger partial charge in [0.1, 0.15) is 11.2 Å². The molecule has 2 aliphatic heterocycles. The molecule has 2 heterocycles. The number of aliphatic carboxylic acids is 1. The van der Waals surface area contributed by atoms with Crippen molar-refractivity contribution in [3.8, 4) is 0 Å². The van der Waals surface area contributed by atoms with Gasteiger partial charge in [-0.3, -0.25) is 14.4 Å². The van der Waals surface area contributed by atoms with Crippen molar-refractivity contribution in [2.75, 3.05) is 32.1 Å². The number of anilines is 1. The van der Waals surface area contributed by atoms with Crippen molar-refractivity contribution in [1.82, 2.24) is 4.90 Å². The first-order valence-corrected chi connectivity index (χ1v) is 8.50. The van der Waals surface area contributed by atoms with Crippen molar-refractivity contribution in [3.63, 3.8) is 0 Å². The zero-order valence-corrected chi connectivity index (χ0v) is 14.5. The number of rotatable bonds is 4. The number of amides is 2. The highest BCUT2D eigenvalue weighted by Crippen LogP contribution is 2.33. The number of hydrogen-bond donors (Lipinski definition) is 2. The van der Waals surface area contributed by atoms with Crippen LogP contribution in [0.4, 0.5) is 10.1 Å². The number of carboxylic acids is 1. The summed E-state index contributed by atoms with van der Waals surface area (Å²) in [6, 6.07) is 2.61. The monoisotopic (exact) mass is 364 g/mol. The van der Waals surface area contributed by atoms with Crippen molar-refractivity contribution >= 4 is 23.5 Å². The Hall–Kier alpha value is -2.48. The van der Waals surface area contributed by atoms with Crippen LogP contribution in [0.5, 0.6) is 0 Å². The number of benzene rings is 1. The highest BCUT2D eigenvalue weighted by atomic mass is 19.1. The quantitative estimate of drug-likeness (QED) is 0.847.